The van der Waals surface area contributed by atoms with Crippen molar-refractivity contribution in [2.45, 2.75) is 13.0 Å². The Morgan fingerprint density at radius 3 is 2.43 bits per heavy atom. The van der Waals surface area contributed by atoms with Crippen LogP contribution in [0.3, 0.4) is 0 Å². The van der Waals surface area contributed by atoms with Gasteiger partial charge in [-0.05, 0) is 37.7 Å². The van der Waals surface area contributed by atoms with Gasteiger partial charge in [0.05, 0.1) is 23.3 Å². The lowest BCUT2D eigenvalue weighted by Crippen LogP contribution is -2.19. The summed E-state index contributed by atoms with van der Waals surface area (Å²) in [6.07, 6.45) is 1.77. The van der Waals surface area contributed by atoms with E-state index in [9.17, 15) is 4.79 Å². The van der Waals surface area contributed by atoms with Gasteiger partial charge in [-0.1, -0.05) is 6.07 Å². The minimum atomic E-state index is -0.0117. The summed E-state index contributed by atoms with van der Waals surface area (Å²) >= 11 is 0. The number of hydrogen-bond donors (Lipinski definition) is 1. The van der Waals surface area contributed by atoms with Gasteiger partial charge in [0.25, 0.3) is 0 Å². The second-order valence-electron chi connectivity index (χ2n) is 5.36. The van der Waals surface area contributed by atoms with E-state index in [0.717, 1.165) is 27.9 Å². The number of hydrogen-bond acceptors (Lipinski definition) is 3. The highest BCUT2D eigenvalue weighted by molar-refractivity contribution is 5.77. The Hall–Kier alpha value is -2.27. The van der Waals surface area contributed by atoms with Gasteiger partial charge in [0, 0.05) is 19.7 Å². The molecule has 2 aromatic heterocycles. The molecule has 3 rings (SSSR count). The zero-order valence-corrected chi connectivity index (χ0v) is 12.7. The summed E-state index contributed by atoms with van der Waals surface area (Å²) < 4.78 is 8.74. The maximum Gasteiger partial charge on any atom is 0.328 e. The van der Waals surface area contributed by atoms with Crippen LogP contribution in [0.1, 0.15) is 22.9 Å². The van der Waals surface area contributed by atoms with Gasteiger partial charge >= 0.3 is 5.69 Å². The zero-order valence-electron chi connectivity index (χ0n) is 12.7. The first-order valence-electron chi connectivity index (χ1n) is 6.90. The minimum Gasteiger partial charge on any atom is -0.469 e. The van der Waals surface area contributed by atoms with Crippen molar-refractivity contribution in [2.24, 2.45) is 14.1 Å². The van der Waals surface area contributed by atoms with Crippen molar-refractivity contribution in [1.82, 2.24) is 14.5 Å². The molecule has 1 unspecified atom stereocenters. The lowest BCUT2D eigenvalue weighted by Gasteiger charge is -2.15. The Morgan fingerprint density at radius 2 is 1.81 bits per heavy atom. The Labute approximate surface area is 122 Å². The summed E-state index contributed by atoms with van der Waals surface area (Å²) in [4.78, 5) is 12.0. The van der Waals surface area contributed by atoms with E-state index >= 15 is 0 Å². The number of nitrogens with one attached hydrogen (secondary N) is 1. The molecule has 1 aromatic carbocycles. The normalized spacial score (nSPS) is 13.0. The Morgan fingerprint density at radius 1 is 1.10 bits per heavy atom. The quantitative estimate of drug-likeness (QED) is 0.801. The van der Waals surface area contributed by atoms with E-state index in [4.69, 9.17) is 4.42 Å². The lowest BCUT2D eigenvalue weighted by atomic mass is 10.0. The van der Waals surface area contributed by atoms with E-state index in [1.807, 2.05) is 32.2 Å². The van der Waals surface area contributed by atoms with Crippen molar-refractivity contribution in [3.8, 4) is 0 Å². The van der Waals surface area contributed by atoms with Gasteiger partial charge in [0.1, 0.15) is 5.76 Å². The van der Waals surface area contributed by atoms with Crippen LogP contribution in [-0.4, -0.2) is 16.2 Å². The Kier molecular flexibility index (Phi) is 3.22. The van der Waals surface area contributed by atoms with E-state index in [2.05, 4.69) is 11.4 Å². The molecule has 2 heterocycles. The fourth-order valence-corrected chi connectivity index (χ4v) is 2.84. The summed E-state index contributed by atoms with van der Waals surface area (Å²) in [6.45, 7) is 1.93. The molecule has 3 aromatic rings. The van der Waals surface area contributed by atoms with Crippen molar-refractivity contribution >= 4 is 11.0 Å². The highest BCUT2D eigenvalue weighted by atomic mass is 16.3. The van der Waals surface area contributed by atoms with Crippen molar-refractivity contribution in [1.29, 1.82) is 0 Å². The molecule has 21 heavy (non-hydrogen) atoms. The number of imidazole rings is 1. The summed E-state index contributed by atoms with van der Waals surface area (Å²) in [5, 5.41) is 3.30. The van der Waals surface area contributed by atoms with E-state index in [1.54, 1.807) is 29.5 Å². The van der Waals surface area contributed by atoms with Gasteiger partial charge in [-0.25, -0.2) is 4.79 Å². The summed E-state index contributed by atoms with van der Waals surface area (Å²) in [7, 11) is 5.51. The highest BCUT2D eigenvalue weighted by Gasteiger charge is 2.16. The molecule has 1 N–H and O–H groups in total. The molecule has 0 amide bonds. The molecule has 0 fully saturated rings. The van der Waals surface area contributed by atoms with Crippen LogP contribution >= 0.6 is 0 Å². The first-order chi connectivity index (χ1) is 10.0. The number of nitrogens with zero attached hydrogens (tertiary/aromatic N) is 2. The van der Waals surface area contributed by atoms with Crippen molar-refractivity contribution in [3.05, 3.63) is 57.9 Å². The van der Waals surface area contributed by atoms with E-state index in [-0.39, 0.29) is 11.7 Å². The number of benzene rings is 1. The number of rotatable bonds is 3. The fraction of sp³-hybridized carbons (Fsp3) is 0.312. The van der Waals surface area contributed by atoms with E-state index in [1.165, 1.54) is 0 Å². The summed E-state index contributed by atoms with van der Waals surface area (Å²) in [5.41, 5.74) is 4.04. The van der Waals surface area contributed by atoms with Gasteiger partial charge in [-0.15, -0.1) is 0 Å². The number of furan rings is 1. The maximum absolute atomic E-state index is 12.0. The molecule has 0 radical (unpaired) electrons. The molecule has 0 aliphatic heterocycles. The molecular formula is C16H19N3O2. The summed E-state index contributed by atoms with van der Waals surface area (Å²) in [6, 6.07) is 8.16. The third-order valence-corrected chi connectivity index (χ3v) is 4.00. The van der Waals surface area contributed by atoms with Crippen molar-refractivity contribution in [2.75, 3.05) is 7.05 Å². The van der Waals surface area contributed by atoms with Crippen molar-refractivity contribution in [3.63, 3.8) is 0 Å². The van der Waals surface area contributed by atoms with Gasteiger partial charge in [0.2, 0.25) is 0 Å². The monoisotopic (exact) mass is 285 g/mol. The SMILES string of the molecule is CNC(c1coc(C)c1)c1ccc2c(c1)n(C)c(=O)n2C. The zero-order chi connectivity index (χ0) is 15.1. The molecule has 0 aliphatic carbocycles. The van der Waals surface area contributed by atoms with Crippen molar-refractivity contribution < 1.29 is 4.42 Å². The predicted octanol–water partition coefficient (Wildman–Crippen LogP) is 2.09. The molecule has 0 aliphatic rings. The molecular weight excluding hydrogens is 266 g/mol. The van der Waals surface area contributed by atoms with Crippen LogP contribution in [0.15, 0.2) is 39.7 Å². The standard InChI is InChI=1S/C16H19N3O2/c1-10-7-12(9-21-10)15(17-2)11-5-6-13-14(8-11)19(4)16(20)18(13)3/h5-9,15,17H,1-4H3. The third kappa shape index (κ3) is 2.10. The largest absolute Gasteiger partial charge is 0.469 e. The van der Waals surface area contributed by atoms with Crippen LogP contribution in [0, 0.1) is 6.92 Å². The highest BCUT2D eigenvalue weighted by Crippen LogP contribution is 2.26. The molecule has 0 bridgehead atoms. The van der Waals surface area contributed by atoms with Gasteiger partial charge in [-0.2, -0.15) is 0 Å². The first kappa shape index (κ1) is 13.7. The Balaban J connectivity index is 2.15. The van der Waals surface area contributed by atoms with Crippen LogP contribution in [-0.2, 0) is 14.1 Å². The predicted molar refractivity (Wildman–Crippen MR) is 82.5 cm³/mol. The van der Waals surface area contributed by atoms with Crippen LogP contribution in [0.2, 0.25) is 0 Å². The molecule has 5 heteroatoms. The number of aryl methyl sites for hydroxylation is 3. The van der Waals surface area contributed by atoms with Crippen LogP contribution < -0.4 is 11.0 Å². The molecule has 110 valence electrons. The number of fused-ring (bicyclic) bond motifs is 1. The maximum atomic E-state index is 12.0. The van der Waals surface area contributed by atoms with Gasteiger partial charge in [0.15, 0.2) is 0 Å². The van der Waals surface area contributed by atoms with E-state index in [0.29, 0.717) is 0 Å². The van der Waals surface area contributed by atoms with Crippen LogP contribution in [0.5, 0.6) is 0 Å². The summed E-state index contributed by atoms with van der Waals surface area (Å²) in [5.74, 6) is 0.887. The second-order valence-corrected chi connectivity index (χ2v) is 5.36. The molecule has 0 spiro atoms. The molecule has 0 saturated carbocycles. The van der Waals surface area contributed by atoms with Gasteiger partial charge < -0.3 is 9.73 Å². The van der Waals surface area contributed by atoms with Crippen LogP contribution in [0.25, 0.3) is 11.0 Å². The molecule has 1 atom stereocenters. The second kappa shape index (κ2) is 4.93. The Bertz CT molecular complexity index is 854. The first-order valence-corrected chi connectivity index (χ1v) is 6.90. The van der Waals surface area contributed by atoms with Crippen LogP contribution in [0.4, 0.5) is 0 Å². The molecule has 5 nitrogen and oxygen atoms in total. The molecule has 0 saturated heterocycles. The average Bonchev–Trinajstić information content (AvgIpc) is 2.99. The minimum absolute atomic E-state index is 0.0117. The fourth-order valence-electron chi connectivity index (χ4n) is 2.84. The number of aromatic nitrogens is 2. The lowest BCUT2D eigenvalue weighted by molar-refractivity contribution is 0.528. The average molecular weight is 285 g/mol. The van der Waals surface area contributed by atoms with Gasteiger partial charge in [-0.3, -0.25) is 9.13 Å². The third-order valence-electron chi connectivity index (χ3n) is 4.00. The topological polar surface area (TPSA) is 52.1 Å². The van der Waals surface area contributed by atoms with E-state index < -0.39 is 0 Å². The smallest absolute Gasteiger partial charge is 0.328 e.